The average molecular weight is 181 g/mol. The number of rotatable bonds is 4. The number of aromatic nitrogens is 3. The Bertz CT molecular complexity index is 265. The van der Waals surface area contributed by atoms with E-state index < -0.39 is 0 Å². The monoisotopic (exact) mass is 181 g/mol. The van der Waals surface area contributed by atoms with E-state index in [-0.39, 0.29) is 0 Å². The molecule has 1 aliphatic rings. The van der Waals surface area contributed by atoms with Crippen LogP contribution in [0.1, 0.15) is 5.82 Å². The van der Waals surface area contributed by atoms with Crippen molar-refractivity contribution in [3.05, 3.63) is 12.2 Å². The minimum Gasteiger partial charge on any atom is -0.314 e. The maximum Gasteiger partial charge on any atom is 0.151 e. The van der Waals surface area contributed by atoms with E-state index in [1.807, 2.05) is 7.05 Å². The Morgan fingerprint density at radius 3 is 3.08 bits per heavy atom. The normalized spacial score (nSPS) is 17.3. The first-order chi connectivity index (χ1) is 6.34. The molecule has 1 saturated heterocycles. The summed E-state index contributed by atoms with van der Waals surface area (Å²) in [7, 11) is 1.89. The molecule has 0 aliphatic carbocycles. The summed E-state index contributed by atoms with van der Waals surface area (Å²) in [4.78, 5) is 4.15. The Morgan fingerprint density at radius 2 is 2.54 bits per heavy atom. The highest BCUT2D eigenvalue weighted by Crippen LogP contribution is 1.92. The Balaban J connectivity index is 1.67. The standard InChI is InChI=1S/C8H15N5/c1-13-6-11-8(12-13)2-3-10-7-4-9-5-7/h6-7,9-10H,2-5H2,1H3. The molecule has 72 valence electrons. The van der Waals surface area contributed by atoms with Crippen molar-refractivity contribution < 1.29 is 0 Å². The fraction of sp³-hybridized carbons (Fsp3) is 0.750. The van der Waals surface area contributed by atoms with Gasteiger partial charge in [0.2, 0.25) is 0 Å². The van der Waals surface area contributed by atoms with Gasteiger partial charge < -0.3 is 10.6 Å². The van der Waals surface area contributed by atoms with E-state index in [0.717, 1.165) is 31.9 Å². The molecule has 5 heteroatoms. The molecule has 1 fully saturated rings. The molecule has 0 spiro atoms. The van der Waals surface area contributed by atoms with Gasteiger partial charge in [-0.05, 0) is 0 Å². The Morgan fingerprint density at radius 1 is 1.69 bits per heavy atom. The van der Waals surface area contributed by atoms with Crippen LogP contribution in [-0.4, -0.2) is 40.4 Å². The van der Waals surface area contributed by atoms with Crippen molar-refractivity contribution in [2.75, 3.05) is 19.6 Å². The lowest BCUT2D eigenvalue weighted by Gasteiger charge is -2.27. The molecule has 2 heterocycles. The zero-order valence-electron chi connectivity index (χ0n) is 7.82. The van der Waals surface area contributed by atoms with Crippen molar-refractivity contribution in [1.29, 1.82) is 0 Å². The molecule has 0 saturated carbocycles. The van der Waals surface area contributed by atoms with Gasteiger partial charge in [0.1, 0.15) is 6.33 Å². The summed E-state index contributed by atoms with van der Waals surface area (Å²) in [6, 6.07) is 0.656. The van der Waals surface area contributed by atoms with Crippen molar-refractivity contribution in [3.63, 3.8) is 0 Å². The number of nitrogens with zero attached hydrogens (tertiary/aromatic N) is 3. The van der Waals surface area contributed by atoms with Gasteiger partial charge in [0.05, 0.1) is 0 Å². The summed E-state index contributed by atoms with van der Waals surface area (Å²) in [5, 5.41) is 10.8. The zero-order valence-corrected chi connectivity index (χ0v) is 7.82. The summed E-state index contributed by atoms with van der Waals surface area (Å²) in [5.41, 5.74) is 0. The van der Waals surface area contributed by atoms with Crippen LogP contribution >= 0.6 is 0 Å². The van der Waals surface area contributed by atoms with Crippen LogP contribution in [-0.2, 0) is 13.5 Å². The lowest BCUT2D eigenvalue weighted by molar-refractivity contribution is 0.368. The lowest BCUT2D eigenvalue weighted by atomic mass is 10.2. The van der Waals surface area contributed by atoms with Crippen LogP contribution in [0.3, 0.4) is 0 Å². The Kier molecular flexibility index (Phi) is 2.56. The highest BCUT2D eigenvalue weighted by atomic mass is 15.3. The van der Waals surface area contributed by atoms with Gasteiger partial charge in [-0.25, -0.2) is 4.98 Å². The number of hydrogen-bond donors (Lipinski definition) is 2. The Labute approximate surface area is 77.5 Å². The molecular weight excluding hydrogens is 166 g/mol. The third-order valence-electron chi connectivity index (χ3n) is 2.21. The molecule has 1 aromatic rings. The van der Waals surface area contributed by atoms with Crippen LogP contribution in [0.25, 0.3) is 0 Å². The van der Waals surface area contributed by atoms with Crippen LogP contribution in [0.15, 0.2) is 6.33 Å². The SMILES string of the molecule is Cn1cnc(CCNC2CNC2)n1. The van der Waals surface area contributed by atoms with E-state index in [2.05, 4.69) is 20.7 Å². The summed E-state index contributed by atoms with van der Waals surface area (Å²) in [6.45, 7) is 3.15. The fourth-order valence-corrected chi connectivity index (χ4v) is 1.32. The fourth-order valence-electron chi connectivity index (χ4n) is 1.32. The molecule has 0 aromatic carbocycles. The van der Waals surface area contributed by atoms with Crippen LogP contribution in [0.2, 0.25) is 0 Å². The molecule has 0 bridgehead atoms. The van der Waals surface area contributed by atoms with Gasteiger partial charge in [0, 0.05) is 39.1 Å². The predicted molar refractivity (Wildman–Crippen MR) is 49.4 cm³/mol. The van der Waals surface area contributed by atoms with Gasteiger partial charge in [-0.3, -0.25) is 4.68 Å². The van der Waals surface area contributed by atoms with Crippen molar-refractivity contribution in [2.24, 2.45) is 7.05 Å². The number of aryl methyl sites for hydroxylation is 1. The van der Waals surface area contributed by atoms with Crippen LogP contribution in [0.4, 0.5) is 0 Å². The first-order valence-corrected chi connectivity index (χ1v) is 4.63. The van der Waals surface area contributed by atoms with E-state index in [1.54, 1.807) is 11.0 Å². The molecule has 2 N–H and O–H groups in total. The van der Waals surface area contributed by atoms with Gasteiger partial charge >= 0.3 is 0 Å². The van der Waals surface area contributed by atoms with Gasteiger partial charge in [-0.1, -0.05) is 0 Å². The smallest absolute Gasteiger partial charge is 0.151 e. The molecule has 0 unspecified atom stereocenters. The Hall–Kier alpha value is -0.940. The summed E-state index contributed by atoms with van der Waals surface area (Å²) in [6.07, 6.45) is 2.65. The van der Waals surface area contributed by atoms with Gasteiger partial charge in [-0.2, -0.15) is 5.10 Å². The summed E-state index contributed by atoms with van der Waals surface area (Å²) in [5.74, 6) is 0.919. The minimum atomic E-state index is 0.656. The van der Waals surface area contributed by atoms with Gasteiger partial charge in [-0.15, -0.1) is 0 Å². The van der Waals surface area contributed by atoms with E-state index in [4.69, 9.17) is 0 Å². The molecule has 1 aliphatic heterocycles. The van der Waals surface area contributed by atoms with Crippen LogP contribution < -0.4 is 10.6 Å². The van der Waals surface area contributed by atoms with Gasteiger partial charge in [0.15, 0.2) is 5.82 Å². The zero-order chi connectivity index (χ0) is 9.10. The second kappa shape index (κ2) is 3.85. The first-order valence-electron chi connectivity index (χ1n) is 4.63. The lowest BCUT2D eigenvalue weighted by Crippen LogP contribution is -2.55. The molecule has 13 heavy (non-hydrogen) atoms. The first kappa shape index (κ1) is 8.65. The second-order valence-electron chi connectivity index (χ2n) is 3.39. The van der Waals surface area contributed by atoms with E-state index in [0.29, 0.717) is 6.04 Å². The van der Waals surface area contributed by atoms with Crippen molar-refractivity contribution in [2.45, 2.75) is 12.5 Å². The van der Waals surface area contributed by atoms with Crippen LogP contribution in [0, 0.1) is 0 Å². The van der Waals surface area contributed by atoms with Crippen LogP contribution in [0.5, 0.6) is 0 Å². The number of hydrogen-bond acceptors (Lipinski definition) is 4. The summed E-state index contributed by atoms with van der Waals surface area (Å²) >= 11 is 0. The molecule has 5 nitrogen and oxygen atoms in total. The van der Waals surface area contributed by atoms with Crippen molar-refractivity contribution >= 4 is 0 Å². The third-order valence-corrected chi connectivity index (χ3v) is 2.21. The molecule has 2 rings (SSSR count). The second-order valence-corrected chi connectivity index (χ2v) is 3.39. The van der Waals surface area contributed by atoms with E-state index >= 15 is 0 Å². The maximum atomic E-state index is 4.20. The van der Waals surface area contributed by atoms with E-state index in [1.165, 1.54) is 0 Å². The molecule has 0 radical (unpaired) electrons. The third kappa shape index (κ3) is 2.26. The highest BCUT2D eigenvalue weighted by molar-refractivity contribution is 4.86. The predicted octanol–water partition coefficient (Wildman–Crippen LogP) is -1.08. The molecular formula is C8H15N5. The maximum absolute atomic E-state index is 4.20. The number of nitrogens with one attached hydrogen (secondary N) is 2. The van der Waals surface area contributed by atoms with Crippen molar-refractivity contribution in [3.8, 4) is 0 Å². The molecule has 0 amide bonds. The topological polar surface area (TPSA) is 54.8 Å². The van der Waals surface area contributed by atoms with E-state index in [9.17, 15) is 0 Å². The largest absolute Gasteiger partial charge is 0.314 e. The minimum absolute atomic E-state index is 0.656. The average Bonchev–Trinajstić information content (AvgIpc) is 2.42. The van der Waals surface area contributed by atoms with Crippen molar-refractivity contribution in [1.82, 2.24) is 25.4 Å². The molecule has 1 aromatic heterocycles. The highest BCUT2D eigenvalue weighted by Gasteiger charge is 2.14. The quantitative estimate of drug-likeness (QED) is 0.620. The van der Waals surface area contributed by atoms with Gasteiger partial charge in [0.25, 0.3) is 0 Å². The molecule has 0 atom stereocenters. The summed E-state index contributed by atoms with van der Waals surface area (Å²) < 4.78 is 1.74.